The van der Waals surface area contributed by atoms with Crippen LogP contribution in [-0.4, -0.2) is 21.3 Å². The van der Waals surface area contributed by atoms with E-state index < -0.39 is 5.69 Å². The third kappa shape index (κ3) is 3.36. The summed E-state index contributed by atoms with van der Waals surface area (Å²) >= 11 is 0. The molecule has 0 atom stereocenters. The third-order valence-corrected chi connectivity index (χ3v) is 1.98. The van der Waals surface area contributed by atoms with Gasteiger partial charge in [-0.05, 0) is 6.92 Å². The average Bonchev–Trinajstić information content (AvgIpc) is 2.25. The summed E-state index contributed by atoms with van der Waals surface area (Å²) in [5.74, 6) is 0. The normalized spacial score (nSPS) is 11.6. The van der Waals surface area contributed by atoms with E-state index >= 15 is 0 Å². The Morgan fingerprint density at radius 3 is 2.75 bits per heavy atom. The van der Waals surface area contributed by atoms with Crippen molar-refractivity contribution in [3.8, 4) is 0 Å². The quantitative estimate of drug-likeness (QED) is 0.701. The van der Waals surface area contributed by atoms with Gasteiger partial charge >= 0.3 is 5.69 Å². The molecule has 0 aliphatic heterocycles. The first-order valence-corrected chi connectivity index (χ1v) is 4.88. The number of H-pyrrole nitrogens is 1. The predicted octanol–water partition coefficient (Wildman–Crippen LogP) is -0.0503. The lowest BCUT2D eigenvalue weighted by Crippen LogP contribution is -2.30. The van der Waals surface area contributed by atoms with Gasteiger partial charge < -0.3 is 5.11 Å². The fraction of sp³-hybridized carbons (Fsp3) is 0.273. The topological polar surface area (TPSA) is 75.1 Å². The van der Waals surface area contributed by atoms with Crippen LogP contribution in [0, 0.1) is 6.92 Å². The van der Waals surface area contributed by atoms with Crippen molar-refractivity contribution in [3.05, 3.63) is 56.9 Å². The number of aliphatic hydroxyl groups is 1. The number of rotatable bonds is 4. The van der Waals surface area contributed by atoms with Crippen molar-refractivity contribution in [2.75, 3.05) is 6.61 Å². The molecule has 0 amide bonds. The fourth-order valence-electron chi connectivity index (χ4n) is 1.15. The molecule has 16 heavy (non-hydrogen) atoms. The number of aryl methyl sites for hydroxylation is 1. The minimum atomic E-state index is -0.425. The van der Waals surface area contributed by atoms with Gasteiger partial charge in [0.1, 0.15) is 0 Å². The molecule has 2 N–H and O–H groups in total. The highest BCUT2D eigenvalue weighted by atomic mass is 16.2. The standard InChI is InChI=1S/C11H14N2O3/c1-9-8-13(11(16)12-10(9)15)6-4-2-3-5-7-14/h2-5,8,14H,6-7H2,1H3,(H,12,15,16)/b4-2-,5-3+. The van der Waals surface area contributed by atoms with Crippen LogP contribution in [0.15, 0.2) is 40.1 Å². The maximum atomic E-state index is 11.3. The molecule has 0 saturated heterocycles. The summed E-state index contributed by atoms with van der Waals surface area (Å²) in [6.07, 6.45) is 8.26. The van der Waals surface area contributed by atoms with Crippen LogP contribution in [-0.2, 0) is 6.54 Å². The van der Waals surface area contributed by atoms with Gasteiger partial charge in [-0.3, -0.25) is 14.3 Å². The van der Waals surface area contributed by atoms with Gasteiger partial charge in [0.05, 0.1) is 6.61 Å². The van der Waals surface area contributed by atoms with Crippen LogP contribution >= 0.6 is 0 Å². The number of nitrogens with zero attached hydrogens (tertiary/aromatic N) is 1. The molecular formula is C11H14N2O3. The van der Waals surface area contributed by atoms with Crippen molar-refractivity contribution >= 4 is 0 Å². The van der Waals surface area contributed by atoms with Crippen LogP contribution in [0.1, 0.15) is 5.56 Å². The minimum Gasteiger partial charge on any atom is -0.392 e. The second-order valence-electron chi connectivity index (χ2n) is 3.26. The Hall–Kier alpha value is -1.88. The molecule has 0 saturated carbocycles. The molecule has 0 bridgehead atoms. The highest BCUT2D eigenvalue weighted by Crippen LogP contribution is 1.86. The first-order valence-electron chi connectivity index (χ1n) is 4.88. The van der Waals surface area contributed by atoms with Crippen LogP contribution in [0.3, 0.4) is 0 Å². The molecule has 1 rings (SSSR count). The molecule has 0 spiro atoms. The minimum absolute atomic E-state index is 0.0119. The molecule has 0 aromatic carbocycles. The number of hydrogen-bond donors (Lipinski definition) is 2. The van der Waals surface area contributed by atoms with Crippen molar-refractivity contribution < 1.29 is 5.11 Å². The van der Waals surface area contributed by atoms with E-state index in [0.29, 0.717) is 12.1 Å². The van der Waals surface area contributed by atoms with E-state index in [0.717, 1.165) is 0 Å². The van der Waals surface area contributed by atoms with Gasteiger partial charge in [-0.2, -0.15) is 0 Å². The van der Waals surface area contributed by atoms with E-state index in [1.165, 1.54) is 10.8 Å². The van der Waals surface area contributed by atoms with E-state index in [-0.39, 0.29) is 12.2 Å². The first kappa shape index (κ1) is 12.2. The van der Waals surface area contributed by atoms with Gasteiger partial charge in [-0.25, -0.2) is 4.79 Å². The summed E-state index contributed by atoms with van der Waals surface area (Å²) in [7, 11) is 0. The lowest BCUT2D eigenvalue weighted by molar-refractivity contribution is 0.343. The van der Waals surface area contributed by atoms with E-state index in [2.05, 4.69) is 4.98 Å². The van der Waals surface area contributed by atoms with Crippen LogP contribution in [0.4, 0.5) is 0 Å². The first-order chi connectivity index (χ1) is 7.65. The second kappa shape index (κ2) is 5.87. The largest absolute Gasteiger partial charge is 0.392 e. The van der Waals surface area contributed by atoms with Gasteiger partial charge in [0, 0.05) is 18.3 Å². The van der Waals surface area contributed by atoms with E-state index in [1.807, 2.05) is 0 Å². The molecule has 1 heterocycles. The third-order valence-electron chi connectivity index (χ3n) is 1.98. The number of aromatic amines is 1. The highest BCUT2D eigenvalue weighted by Gasteiger charge is 1.97. The summed E-state index contributed by atoms with van der Waals surface area (Å²) in [6.45, 7) is 2.01. The summed E-state index contributed by atoms with van der Waals surface area (Å²) in [4.78, 5) is 24.6. The van der Waals surface area contributed by atoms with Gasteiger partial charge in [-0.15, -0.1) is 0 Å². The summed E-state index contributed by atoms with van der Waals surface area (Å²) < 4.78 is 1.40. The smallest absolute Gasteiger partial charge is 0.328 e. The van der Waals surface area contributed by atoms with Crippen molar-refractivity contribution in [3.63, 3.8) is 0 Å². The number of aliphatic hydroxyl groups excluding tert-OH is 1. The van der Waals surface area contributed by atoms with Crippen LogP contribution in [0.5, 0.6) is 0 Å². The molecule has 0 radical (unpaired) electrons. The van der Waals surface area contributed by atoms with E-state index in [4.69, 9.17) is 5.11 Å². The van der Waals surface area contributed by atoms with Crippen LogP contribution in [0.25, 0.3) is 0 Å². The Morgan fingerprint density at radius 1 is 1.38 bits per heavy atom. The Kier molecular flexibility index (Phi) is 4.47. The van der Waals surface area contributed by atoms with Gasteiger partial charge in [0.25, 0.3) is 5.56 Å². The number of allylic oxidation sites excluding steroid dienone is 3. The van der Waals surface area contributed by atoms with Crippen LogP contribution < -0.4 is 11.2 Å². The number of aromatic nitrogens is 2. The summed E-state index contributed by atoms with van der Waals surface area (Å²) in [6, 6.07) is 0. The van der Waals surface area contributed by atoms with Gasteiger partial charge in [0.2, 0.25) is 0 Å². The van der Waals surface area contributed by atoms with Crippen molar-refractivity contribution in [1.29, 1.82) is 0 Å². The predicted molar refractivity (Wildman–Crippen MR) is 61.4 cm³/mol. The lowest BCUT2D eigenvalue weighted by Gasteiger charge is -2.01. The number of hydrogen-bond acceptors (Lipinski definition) is 3. The average molecular weight is 222 g/mol. The Bertz CT molecular complexity index is 509. The maximum Gasteiger partial charge on any atom is 0.328 e. The van der Waals surface area contributed by atoms with Gasteiger partial charge in [0.15, 0.2) is 0 Å². The zero-order chi connectivity index (χ0) is 12.0. The highest BCUT2D eigenvalue weighted by molar-refractivity contribution is 5.04. The molecule has 5 heteroatoms. The molecule has 1 aromatic rings. The Labute approximate surface area is 92.4 Å². The zero-order valence-corrected chi connectivity index (χ0v) is 9.01. The maximum absolute atomic E-state index is 11.3. The summed E-state index contributed by atoms with van der Waals surface area (Å²) in [5, 5.41) is 8.48. The number of nitrogens with one attached hydrogen (secondary N) is 1. The molecular weight excluding hydrogens is 208 g/mol. The van der Waals surface area contributed by atoms with Crippen molar-refractivity contribution in [1.82, 2.24) is 9.55 Å². The van der Waals surface area contributed by atoms with Gasteiger partial charge in [-0.1, -0.05) is 24.3 Å². The SMILES string of the molecule is Cc1cn(C/C=C\C=C\CO)c(=O)[nH]c1=O. The molecule has 0 aliphatic rings. The molecule has 0 fully saturated rings. The molecule has 5 nitrogen and oxygen atoms in total. The van der Waals surface area contributed by atoms with E-state index in [1.54, 1.807) is 31.2 Å². The monoisotopic (exact) mass is 222 g/mol. The second-order valence-corrected chi connectivity index (χ2v) is 3.26. The molecule has 86 valence electrons. The molecule has 1 aromatic heterocycles. The fourth-order valence-corrected chi connectivity index (χ4v) is 1.15. The Balaban J connectivity index is 2.79. The van der Waals surface area contributed by atoms with Crippen molar-refractivity contribution in [2.45, 2.75) is 13.5 Å². The Morgan fingerprint density at radius 2 is 2.06 bits per heavy atom. The molecule has 0 unspecified atom stereocenters. The molecule has 0 aliphatic carbocycles. The van der Waals surface area contributed by atoms with E-state index in [9.17, 15) is 9.59 Å². The lowest BCUT2D eigenvalue weighted by atomic mass is 10.4. The summed E-state index contributed by atoms with van der Waals surface area (Å²) in [5.41, 5.74) is -0.282. The van der Waals surface area contributed by atoms with Crippen LogP contribution in [0.2, 0.25) is 0 Å². The van der Waals surface area contributed by atoms with Crippen molar-refractivity contribution in [2.24, 2.45) is 0 Å². The zero-order valence-electron chi connectivity index (χ0n) is 9.01.